The van der Waals surface area contributed by atoms with E-state index in [4.69, 9.17) is 16.4 Å². The molecule has 0 radical (unpaired) electrons. The first-order chi connectivity index (χ1) is 14.2. The fourth-order valence-corrected chi connectivity index (χ4v) is 3.91. The molecule has 2 atom stereocenters. The van der Waals surface area contributed by atoms with Crippen molar-refractivity contribution in [2.45, 2.75) is 6.42 Å². The molecule has 0 saturated heterocycles. The molecule has 2 aromatic rings. The molecule has 6 heteroatoms. The molecule has 0 heterocycles. The smallest absolute Gasteiger partial charge is 0.280 e. The number of carbonyl (C=O) groups is 1. The van der Waals surface area contributed by atoms with Crippen LogP contribution in [-0.4, -0.2) is 24.9 Å². The van der Waals surface area contributed by atoms with Crippen LogP contribution in [0.2, 0.25) is 5.02 Å². The van der Waals surface area contributed by atoms with Crippen LogP contribution in [0.15, 0.2) is 82.6 Å². The number of carbonyl (C=O) groups excluding carboxylic acids is 1. The Morgan fingerprint density at radius 3 is 2.76 bits per heavy atom. The molecule has 146 valence electrons. The van der Waals surface area contributed by atoms with Crippen molar-refractivity contribution in [3.63, 3.8) is 0 Å². The molecule has 2 bridgehead atoms. The number of oxime groups is 1. The fraction of sp³-hybridized carbons (Fsp3) is 0.174. The molecule has 1 N–H and O–H groups in total. The zero-order chi connectivity index (χ0) is 20.1. The van der Waals surface area contributed by atoms with E-state index in [0.29, 0.717) is 16.9 Å². The molecule has 5 nitrogen and oxygen atoms in total. The van der Waals surface area contributed by atoms with Gasteiger partial charge in [-0.25, -0.2) is 5.43 Å². The minimum absolute atomic E-state index is 0.217. The number of nitrogens with one attached hydrogen (secondary N) is 1. The molecule has 1 amide bonds. The van der Waals surface area contributed by atoms with E-state index in [1.807, 2.05) is 30.3 Å². The molecule has 0 aliphatic heterocycles. The highest BCUT2D eigenvalue weighted by molar-refractivity contribution is 6.30. The second-order valence-corrected chi connectivity index (χ2v) is 7.36. The molecule has 0 fully saturated rings. The van der Waals surface area contributed by atoms with Gasteiger partial charge in [0.2, 0.25) is 0 Å². The summed E-state index contributed by atoms with van der Waals surface area (Å²) in [4.78, 5) is 16.9. The van der Waals surface area contributed by atoms with Crippen molar-refractivity contribution in [1.29, 1.82) is 0 Å². The molecule has 0 unspecified atom stereocenters. The predicted molar refractivity (Wildman–Crippen MR) is 116 cm³/mol. The average molecular weight is 406 g/mol. The third-order valence-corrected chi connectivity index (χ3v) is 5.20. The van der Waals surface area contributed by atoms with Crippen LogP contribution in [0.3, 0.4) is 0 Å². The lowest BCUT2D eigenvalue weighted by Crippen LogP contribution is -2.22. The van der Waals surface area contributed by atoms with Crippen LogP contribution in [0.1, 0.15) is 17.5 Å². The van der Waals surface area contributed by atoms with E-state index in [2.05, 4.69) is 40.0 Å². The van der Waals surface area contributed by atoms with Crippen LogP contribution in [0.5, 0.6) is 0 Å². The molecule has 2 aliphatic rings. The maximum atomic E-state index is 11.9. The van der Waals surface area contributed by atoms with E-state index in [1.165, 1.54) is 17.4 Å². The number of rotatable bonds is 7. The Balaban J connectivity index is 1.32. The summed E-state index contributed by atoms with van der Waals surface area (Å²) < 4.78 is 0. The van der Waals surface area contributed by atoms with Gasteiger partial charge in [0.1, 0.15) is 0 Å². The maximum Gasteiger partial charge on any atom is 0.280 e. The fourth-order valence-electron chi connectivity index (χ4n) is 3.71. The SMILES string of the molecule is O=C(CO/N=C\c1cccc(Cl)c1)N/N=C\C1=C(c2ccccc2)[C@@H]2C=C[C@H]1C2. The highest BCUT2D eigenvalue weighted by Crippen LogP contribution is 2.47. The summed E-state index contributed by atoms with van der Waals surface area (Å²) in [5.74, 6) is 0.406. The van der Waals surface area contributed by atoms with Crippen molar-refractivity contribution in [3.05, 3.63) is 88.5 Å². The minimum atomic E-state index is -0.370. The Morgan fingerprint density at radius 2 is 1.93 bits per heavy atom. The van der Waals surface area contributed by atoms with E-state index < -0.39 is 0 Å². The number of hydrogen-bond acceptors (Lipinski definition) is 4. The molecule has 0 spiro atoms. The van der Waals surface area contributed by atoms with Crippen molar-refractivity contribution in [2.24, 2.45) is 22.1 Å². The standard InChI is InChI=1S/C23H20ClN3O2/c24-20-8-4-5-16(11-20)13-26-29-15-22(28)27-25-14-21-18-9-10-19(12-18)23(21)17-6-2-1-3-7-17/h1-11,13-14,18-19H,12,15H2,(H,27,28)/b25-14-,26-13-/t18-,19+/m0/s1. The molecular formula is C23H20ClN3O2. The van der Waals surface area contributed by atoms with E-state index in [0.717, 1.165) is 17.6 Å². The van der Waals surface area contributed by atoms with Gasteiger partial charge < -0.3 is 4.84 Å². The number of amides is 1. The number of halogens is 1. The van der Waals surface area contributed by atoms with Crippen molar-refractivity contribution in [2.75, 3.05) is 6.61 Å². The van der Waals surface area contributed by atoms with Gasteiger partial charge in [0.25, 0.3) is 5.91 Å². The number of nitrogens with zero attached hydrogens (tertiary/aromatic N) is 2. The van der Waals surface area contributed by atoms with Crippen LogP contribution in [0.25, 0.3) is 5.57 Å². The lowest BCUT2D eigenvalue weighted by molar-refractivity contribution is -0.125. The molecule has 2 aromatic carbocycles. The summed E-state index contributed by atoms with van der Waals surface area (Å²) in [6.07, 6.45) is 8.80. The second-order valence-electron chi connectivity index (χ2n) is 6.92. The van der Waals surface area contributed by atoms with Crippen molar-refractivity contribution >= 4 is 35.5 Å². The predicted octanol–water partition coefficient (Wildman–Crippen LogP) is 4.45. The Morgan fingerprint density at radius 1 is 1.10 bits per heavy atom. The summed E-state index contributed by atoms with van der Waals surface area (Å²) in [6.45, 7) is -0.217. The molecule has 4 rings (SSSR count). The zero-order valence-corrected chi connectivity index (χ0v) is 16.4. The summed E-state index contributed by atoms with van der Waals surface area (Å²) in [7, 11) is 0. The van der Waals surface area contributed by atoms with Gasteiger partial charge in [-0.1, -0.05) is 71.4 Å². The second kappa shape index (κ2) is 8.88. The van der Waals surface area contributed by atoms with E-state index in [1.54, 1.807) is 18.3 Å². The Labute approximate surface area is 174 Å². The number of hydrazone groups is 1. The van der Waals surface area contributed by atoms with E-state index in [9.17, 15) is 4.79 Å². The summed E-state index contributed by atoms with van der Waals surface area (Å²) in [5.41, 5.74) is 6.94. The molecule has 0 saturated carbocycles. The third-order valence-electron chi connectivity index (χ3n) is 4.96. The van der Waals surface area contributed by atoms with Crippen molar-refractivity contribution in [1.82, 2.24) is 5.43 Å². The molecule has 0 aromatic heterocycles. The van der Waals surface area contributed by atoms with E-state index >= 15 is 0 Å². The van der Waals surface area contributed by atoms with Gasteiger partial charge in [0.05, 0.1) is 12.4 Å². The number of fused-ring (bicyclic) bond motifs is 2. The van der Waals surface area contributed by atoms with Crippen molar-refractivity contribution in [3.8, 4) is 0 Å². The largest absolute Gasteiger partial charge is 0.386 e. The van der Waals surface area contributed by atoms with Crippen LogP contribution in [0.4, 0.5) is 0 Å². The molecule has 2 aliphatic carbocycles. The topological polar surface area (TPSA) is 63.0 Å². The summed E-state index contributed by atoms with van der Waals surface area (Å²) in [6, 6.07) is 17.5. The first kappa shape index (κ1) is 19.2. The Hall–Kier alpha value is -3.18. The molecule has 29 heavy (non-hydrogen) atoms. The summed E-state index contributed by atoms with van der Waals surface area (Å²) in [5, 5.41) is 8.52. The highest BCUT2D eigenvalue weighted by Gasteiger charge is 2.34. The first-order valence-corrected chi connectivity index (χ1v) is 9.79. The average Bonchev–Trinajstić information content (AvgIpc) is 3.34. The normalized spacial score (nSPS) is 20.2. The maximum absolute atomic E-state index is 11.9. The van der Waals surface area contributed by atoms with Crippen LogP contribution >= 0.6 is 11.6 Å². The lowest BCUT2D eigenvalue weighted by atomic mass is 9.92. The monoisotopic (exact) mass is 405 g/mol. The third kappa shape index (κ3) is 4.63. The van der Waals surface area contributed by atoms with Gasteiger partial charge in [-0.15, -0.1) is 0 Å². The number of allylic oxidation sites excluding steroid dienone is 4. The lowest BCUT2D eigenvalue weighted by Gasteiger charge is -2.13. The van der Waals surface area contributed by atoms with Gasteiger partial charge in [-0.2, -0.15) is 5.10 Å². The van der Waals surface area contributed by atoms with Crippen LogP contribution < -0.4 is 5.43 Å². The van der Waals surface area contributed by atoms with Gasteiger partial charge in [0.15, 0.2) is 6.61 Å². The van der Waals surface area contributed by atoms with Crippen molar-refractivity contribution < 1.29 is 9.63 Å². The minimum Gasteiger partial charge on any atom is -0.386 e. The van der Waals surface area contributed by atoms with Gasteiger partial charge in [-0.05, 0) is 40.8 Å². The van der Waals surface area contributed by atoms with E-state index in [-0.39, 0.29) is 12.5 Å². The number of benzene rings is 2. The molecular weight excluding hydrogens is 386 g/mol. The van der Waals surface area contributed by atoms with Gasteiger partial charge in [0, 0.05) is 16.9 Å². The van der Waals surface area contributed by atoms with Gasteiger partial charge in [-0.3, -0.25) is 4.79 Å². The Kier molecular flexibility index (Phi) is 5.86. The van der Waals surface area contributed by atoms with Gasteiger partial charge >= 0.3 is 0 Å². The van der Waals surface area contributed by atoms with Crippen LogP contribution in [-0.2, 0) is 9.63 Å². The first-order valence-electron chi connectivity index (χ1n) is 9.41. The summed E-state index contributed by atoms with van der Waals surface area (Å²) >= 11 is 5.90. The quantitative estimate of drug-likeness (QED) is 0.420. The Bertz CT molecular complexity index is 1010. The number of hydrogen-bond donors (Lipinski definition) is 1. The van der Waals surface area contributed by atoms with Crippen LogP contribution in [0, 0.1) is 11.8 Å². The highest BCUT2D eigenvalue weighted by atomic mass is 35.5. The zero-order valence-electron chi connectivity index (χ0n) is 15.7.